The van der Waals surface area contributed by atoms with Crippen molar-refractivity contribution in [1.82, 2.24) is 0 Å². The third-order valence-corrected chi connectivity index (χ3v) is 2.92. The minimum atomic E-state index is -0.454. The molecular weight excluding hydrogens is 204 g/mol. The van der Waals surface area contributed by atoms with Gasteiger partial charge < -0.3 is 9.47 Å². The quantitative estimate of drug-likeness (QED) is 0.784. The number of carbonyl (C=O) groups is 1. The predicted molar refractivity (Wildman–Crippen MR) is 60.8 cm³/mol. The van der Waals surface area contributed by atoms with Gasteiger partial charge in [0.15, 0.2) is 23.4 Å². The molecule has 16 heavy (non-hydrogen) atoms. The van der Waals surface area contributed by atoms with Crippen LogP contribution in [0.2, 0.25) is 0 Å². The third-order valence-electron chi connectivity index (χ3n) is 2.92. The van der Waals surface area contributed by atoms with Gasteiger partial charge in [0.05, 0.1) is 0 Å². The maximum absolute atomic E-state index is 11.9. The first-order valence-corrected chi connectivity index (χ1v) is 5.64. The number of Topliss-reactive ketones (excluding diaryl/α,β-unsaturated/α-hetero) is 1. The second-order valence-corrected chi connectivity index (χ2v) is 4.08. The average Bonchev–Trinajstić information content (AvgIpc) is 2.36. The molecule has 0 saturated carbocycles. The second kappa shape index (κ2) is 4.56. The average molecular weight is 220 g/mol. The minimum absolute atomic E-state index is 0.0267. The van der Waals surface area contributed by atoms with E-state index in [9.17, 15) is 4.79 Å². The van der Waals surface area contributed by atoms with Crippen molar-refractivity contribution < 1.29 is 14.3 Å². The monoisotopic (exact) mass is 220 g/mol. The Hall–Kier alpha value is -1.51. The topological polar surface area (TPSA) is 35.5 Å². The molecule has 3 heteroatoms. The van der Waals surface area contributed by atoms with E-state index in [0.717, 1.165) is 12.2 Å². The van der Waals surface area contributed by atoms with Gasteiger partial charge in [-0.1, -0.05) is 26.0 Å². The molecule has 0 amide bonds. The Balaban J connectivity index is 2.11. The minimum Gasteiger partial charge on any atom is -0.485 e. The molecule has 2 atom stereocenters. The molecular formula is C13H16O3. The van der Waals surface area contributed by atoms with Crippen LogP contribution >= 0.6 is 0 Å². The van der Waals surface area contributed by atoms with Gasteiger partial charge in [0.1, 0.15) is 6.61 Å². The number of rotatable bonds is 3. The Morgan fingerprint density at radius 1 is 1.44 bits per heavy atom. The highest BCUT2D eigenvalue weighted by molar-refractivity contribution is 5.85. The molecule has 1 aromatic carbocycles. The number of hydrogen-bond acceptors (Lipinski definition) is 3. The number of ether oxygens (including phenoxy) is 2. The first-order valence-electron chi connectivity index (χ1n) is 5.64. The molecule has 0 N–H and O–H groups in total. The van der Waals surface area contributed by atoms with Crippen LogP contribution in [0.25, 0.3) is 0 Å². The second-order valence-electron chi connectivity index (χ2n) is 4.08. The standard InChI is InChI=1S/C13H16O3/c1-3-9(2)13(14)12-8-15-10-6-4-5-7-11(10)16-12/h4-7,9,12H,3,8H2,1-2H3. The first kappa shape index (κ1) is 11.0. The zero-order valence-corrected chi connectivity index (χ0v) is 9.60. The summed E-state index contributed by atoms with van der Waals surface area (Å²) in [4.78, 5) is 11.9. The van der Waals surface area contributed by atoms with E-state index in [-0.39, 0.29) is 11.7 Å². The highest BCUT2D eigenvalue weighted by Crippen LogP contribution is 2.31. The molecule has 0 spiro atoms. The summed E-state index contributed by atoms with van der Waals surface area (Å²) >= 11 is 0. The maximum Gasteiger partial charge on any atom is 0.191 e. The molecule has 0 saturated heterocycles. The van der Waals surface area contributed by atoms with Crippen molar-refractivity contribution in [1.29, 1.82) is 0 Å². The van der Waals surface area contributed by atoms with Crippen LogP contribution in [0.15, 0.2) is 24.3 Å². The highest BCUT2D eigenvalue weighted by atomic mass is 16.6. The Bertz CT molecular complexity index is 387. The molecule has 0 aromatic heterocycles. The highest BCUT2D eigenvalue weighted by Gasteiger charge is 2.29. The molecule has 1 aromatic rings. The lowest BCUT2D eigenvalue weighted by Gasteiger charge is -2.26. The van der Waals surface area contributed by atoms with E-state index in [2.05, 4.69) is 0 Å². The van der Waals surface area contributed by atoms with Crippen molar-refractivity contribution >= 4 is 5.78 Å². The molecule has 0 bridgehead atoms. The third kappa shape index (κ3) is 2.03. The molecule has 1 heterocycles. The van der Waals surface area contributed by atoms with Gasteiger partial charge in [0.2, 0.25) is 0 Å². The van der Waals surface area contributed by atoms with Crippen molar-refractivity contribution in [3.8, 4) is 11.5 Å². The van der Waals surface area contributed by atoms with Crippen LogP contribution in [-0.2, 0) is 4.79 Å². The molecule has 1 aliphatic rings. The molecule has 3 nitrogen and oxygen atoms in total. The summed E-state index contributed by atoms with van der Waals surface area (Å²) in [5, 5.41) is 0. The fourth-order valence-electron chi connectivity index (χ4n) is 1.68. The molecule has 2 unspecified atom stereocenters. The number of fused-ring (bicyclic) bond motifs is 1. The molecule has 0 fully saturated rings. The van der Waals surface area contributed by atoms with Crippen molar-refractivity contribution in [2.45, 2.75) is 26.4 Å². The van der Waals surface area contributed by atoms with Crippen LogP contribution in [0.3, 0.4) is 0 Å². The normalized spacial score (nSPS) is 20.2. The number of para-hydroxylation sites is 2. The van der Waals surface area contributed by atoms with E-state index in [0.29, 0.717) is 12.4 Å². The van der Waals surface area contributed by atoms with Gasteiger partial charge >= 0.3 is 0 Å². The molecule has 0 aliphatic carbocycles. The lowest BCUT2D eigenvalue weighted by Crippen LogP contribution is -2.39. The molecule has 86 valence electrons. The lowest BCUT2D eigenvalue weighted by atomic mass is 9.99. The van der Waals surface area contributed by atoms with Crippen LogP contribution in [0, 0.1) is 5.92 Å². The largest absolute Gasteiger partial charge is 0.485 e. The lowest BCUT2D eigenvalue weighted by molar-refractivity contribution is -0.131. The first-order chi connectivity index (χ1) is 7.72. The van der Waals surface area contributed by atoms with E-state index in [1.165, 1.54) is 0 Å². The number of hydrogen-bond donors (Lipinski definition) is 0. The van der Waals surface area contributed by atoms with Gasteiger partial charge in [-0.2, -0.15) is 0 Å². The fraction of sp³-hybridized carbons (Fsp3) is 0.462. The van der Waals surface area contributed by atoms with E-state index in [1.807, 2.05) is 38.1 Å². The van der Waals surface area contributed by atoms with Gasteiger partial charge in [-0.15, -0.1) is 0 Å². The predicted octanol–water partition coefficient (Wildman–Crippen LogP) is 2.44. The van der Waals surface area contributed by atoms with Gasteiger partial charge in [-0.3, -0.25) is 4.79 Å². The fourth-order valence-corrected chi connectivity index (χ4v) is 1.68. The van der Waals surface area contributed by atoms with E-state index in [4.69, 9.17) is 9.47 Å². The summed E-state index contributed by atoms with van der Waals surface area (Å²) in [6.45, 7) is 4.24. The van der Waals surface area contributed by atoms with Gasteiger partial charge in [-0.05, 0) is 18.6 Å². The van der Waals surface area contributed by atoms with Crippen LogP contribution in [0.1, 0.15) is 20.3 Å². The van der Waals surface area contributed by atoms with Gasteiger partial charge in [0, 0.05) is 5.92 Å². The number of carbonyl (C=O) groups excluding carboxylic acids is 1. The van der Waals surface area contributed by atoms with Crippen molar-refractivity contribution in [2.75, 3.05) is 6.61 Å². The maximum atomic E-state index is 11.9. The number of benzene rings is 1. The molecule has 0 radical (unpaired) electrons. The van der Waals surface area contributed by atoms with Crippen LogP contribution in [0.4, 0.5) is 0 Å². The SMILES string of the molecule is CCC(C)C(=O)C1COc2ccccc2O1. The summed E-state index contributed by atoms with van der Waals surface area (Å²) in [5.41, 5.74) is 0. The Labute approximate surface area is 95.4 Å². The zero-order valence-electron chi connectivity index (χ0n) is 9.60. The van der Waals surface area contributed by atoms with Crippen molar-refractivity contribution in [3.63, 3.8) is 0 Å². The zero-order chi connectivity index (χ0) is 11.5. The van der Waals surface area contributed by atoms with E-state index in [1.54, 1.807) is 0 Å². The summed E-state index contributed by atoms with van der Waals surface area (Å²) in [6.07, 6.45) is 0.380. The summed E-state index contributed by atoms with van der Waals surface area (Å²) in [5.74, 6) is 1.53. The van der Waals surface area contributed by atoms with Crippen LogP contribution in [-0.4, -0.2) is 18.5 Å². The molecule has 2 rings (SSSR count). The summed E-state index contributed by atoms with van der Waals surface area (Å²) in [7, 11) is 0. The Morgan fingerprint density at radius 3 is 2.81 bits per heavy atom. The number of ketones is 1. The summed E-state index contributed by atoms with van der Waals surface area (Å²) in [6, 6.07) is 7.43. The van der Waals surface area contributed by atoms with E-state index >= 15 is 0 Å². The van der Waals surface area contributed by atoms with Crippen LogP contribution < -0.4 is 9.47 Å². The molecule has 1 aliphatic heterocycles. The van der Waals surface area contributed by atoms with Crippen molar-refractivity contribution in [2.24, 2.45) is 5.92 Å². The van der Waals surface area contributed by atoms with Gasteiger partial charge in [0.25, 0.3) is 0 Å². The Kier molecular flexibility index (Phi) is 3.13. The Morgan fingerprint density at radius 2 is 2.12 bits per heavy atom. The van der Waals surface area contributed by atoms with Crippen LogP contribution in [0.5, 0.6) is 11.5 Å². The van der Waals surface area contributed by atoms with E-state index < -0.39 is 6.10 Å². The van der Waals surface area contributed by atoms with Gasteiger partial charge in [-0.25, -0.2) is 0 Å². The van der Waals surface area contributed by atoms with Crippen molar-refractivity contribution in [3.05, 3.63) is 24.3 Å². The summed E-state index contributed by atoms with van der Waals surface area (Å²) < 4.78 is 11.1. The smallest absolute Gasteiger partial charge is 0.191 e.